The second kappa shape index (κ2) is 5.01. The Labute approximate surface area is 112 Å². The van der Waals surface area contributed by atoms with Gasteiger partial charge in [0.2, 0.25) is 5.82 Å². The molecular weight excluding hydrogens is 244 g/mol. The first-order chi connectivity index (χ1) is 9.00. The fourth-order valence-corrected chi connectivity index (χ4v) is 1.83. The Morgan fingerprint density at radius 1 is 1.42 bits per heavy atom. The summed E-state index contributed by atoms with van der Waals surface area (Å²) in [5, 5.41) is 13.4. The smallest absolute Gasteiger partial charge is 0.258 e. The lowest BCUT2D eigenvalue weighted by molar-refractivity contribution is -0.0106. The molecule has 0 radical (unpaired) electrons. The van der Waals surface area contributed by atoms with Crippen molar-refractivity contribution in [3.63, 3.8) is 0 Å². The number of aromatic nitrogens is 2. The highest BCUT2D eigenvalue weighted by Gasteiger charge is 2.30. The molecule has 2 rings (SSSR count). The number of ether oxygens (including phenoxy) is 1. The van der Waals surface area contributed by atoms with Gasteiger partial charge in [-0.3, -0.25) is 0 Å². The highest BCUT2D eigenvalue weighted by Crippen LogP contribution is 2.30. The van der Waals surface area contributed by atoms with Gasteiger partial charge in [-0.05, 0) is 44.0 Å². The summed E-state index contributed by atoms with van der Waals surface area (Å²) in [7, 11) is 1.63. The van der Waals surface area contributed by atoms with Gasteiger partial charge in [-0.15, -0.1) is 0 Å². The number of hydrogen-bond donors (Lipinski definition) is 1. The molecule has 0 saturated carbocycles. The monoisotopic (exact) mass is 262 g/mol. The highest BCUT2D eigenvalue weighted by molar-refractivity contribution is 5.59. The molecule has 1 aromatic heterocycles. The van der Waals surface area contributed by atoms with Crippen LogP contribution in [-0.2, 0) is 10.3 Å². The van der Waals surface area contributed by atoms with E-state index in [1.54, 1.807) is 25.3 Å². The molecule has 0 aliphatic heterocycles. The third-order valence-electron chi connectivity index (χ3n) is 3.46. The summed E-state index contributed by atoms with van der Waals surface area (Å²) in [6.45, 7) is 5.81. The van der Waals surface area contributed by atoms with Crippen LogP contribution in [0, 0.1) is 6.92 Å². The van der Waals surface area contributed by atoms with Crippen LogP contribution >= 0.6 is 0 Å². The molecule has 102 valence electrons. The first-order valence-corrected chi connectivity index (χ1v) is 6.19. The van der Waals surface area contributed by atoms with E-state index in [0.717, 1.165) is 17.5 Å². The number of aryl methyl sites for hydroxylation is 1. The summed E-state index contributed by atoms with van der Waals surface area (Å²) in [4.78, 5) is 4.40. The average molecular weight is 262 g/mol. The van der Waals surface area contributed by atoms with Crippen molar-refractivity contribution in [2.75, 3.05) is 7.11 Å². The Morgan fingerprint density at radius 2 is 2.16 bits per heavy atom. The number of nitrogens with zero attached hydrogens (tertiary/aromatic N) is 2. The van der Waals surface area contributed by atoms with Gasteiger partial charge in [-0.1, -0.05) is 12.1 Å². The minimum atomic E-state index is -0.549. The quantitative estimate of drug-likeness (QED) is 0.917. The number of rotatable bonds is 4. The largest absolute Gasteiger partial charge is 0.508 e. The number of benzene rings is 1. The molecule has 0 spiro atoms. The molecule has 0 aliphatic rings. The van der Waals surface area contributed by atoms with Crippen molar-refractivity contribution in [2.45, 2.75) is 32.8 Å². The van der Waals surface area contributed by atoms with E-state index in [9.17, 15) is 5.11 Å². The van der Waals surface area contributed by atoms with Gasteiger partial charge in [-0.2, -0.15) is 4.98 Å². The van der Waals surface area contributed by atoms with Crippen molar-refractivity contribution < 1.29 is 14.4 Å². The molecule has 0 bridgehead atoms. The van der Waals surface area contributed by atoms with E-state index < -0.39 is 5.60 Å². The Bertz CT molecular complexity index is 574. The number of phenolic OH excluding ortho intramolecular Hbond substituents is 1. The number of aromatic hydroxyl groups is 1. The van der Waals surface area contributed by atoms with Crippen LogP contribution in [0.15, 0.2) is 22.7 Å². The third-order valence-corrected chi connectivity index (χ3v) is 3.46. The molecular formula is C14H18N2O3. The first-order valence-electron chi connectivity index (χ1n) is 6.19. The molecule has 2 aromatic rings. The number of phenols is 1. The summed E-state index contributed by atoms with van der Waals surface area (Å²) < 4.78 is 10.7. The van der Waals surface area contributed by atoms with Crippen molar-refractivity contribution in [1.82, 2.24) is 10.1 Å². The first kappa shape index (κ1) is 13.5. The molecule has 19 heavy (non-hydrogen) atoms. The fourth-order valence-electron chi connectivity index (χ4n) is 1.83. The summed E-state index contributed by atoms with van der Waals surface area (Å²) in [5.41, 5.74) is 1.14. The van der Waals surface area contributed by atoms with E-state index in [4.69, 9.17) is 9.26 Å². The van der Waals surface area contributed by atoms with Gasteiger partial charge in [-0.25, -0.2) is 0 Å². The highest BCUT2D eigenvalue weighted by atomic mass is 16.5. The van der Waals surface area contributed by atoms with Crippen LogP contribution in [0.25, 0.3) is 11.5 Å². The Balaban J connectivity index is 2.41. The van der Waals surface area contributed by atoms with Crippen molar-refractivity contribution >= 4 is 0 Å². The van der Waals surface area contributed by atoms with Crippen molar-refractivity contribution in [1.29, 1.82) is 0 Å². The standard InChI is InChI=1S/C14H18N2O3/c1-5-14(3,18-4)13-15-12(19-16-13)11-7-6-10(17)8-9(11)2/h6-8,17H,5H2,1-4H3. The summed E-state index contributed by atoms with van der Waals surface area (Å²) >= 11 is 0. The second-order valence-corrected chi connectivity index (χ2v) is 4.71. The second-order valence-electron chi connectivity index (χ2n) is 4.71. The minimum absolute atomic E-state index is 0.219. The maximum absolute atomic E-state index is 9.41. The fraction of sp³-hybridized carbons (Fsp3) is 0.429. The van der Waals surface area contributed by atoms with Gasteiger partial charge in [0.1, 0.15) is 11.4 Å². The van der Waals surface area contributed by atoms with Gasteiger partial charge in [0.15, 0.2) is 0 Å². The minimum Gasteiger partial charge on any atom is -0.508 e. The Hall–Kier alpha value is -1.88. The van der Waals surface area contributed by atoms with E-state index in [0.29, 0.717) is 11.7 Å². The van der Waals surface area contributed by atoms with Gasteiger partial charge in [0, 0.05) is 12.7 Å². The molecule has 0 saturated heterocycles. The molecule has 1 atom stereocenters. The molecule has 1 unspecified atom stereocenters. The lowest BCUT2D eigenvalue weighted by atomic mass is 10.0. The molecule has 5 heteroatoms. The van der Waals surface area contributed by atoms with Crippen LogP contribution in [0.3, 0.4) is 0 Å². The van der Waals surface area contributed by atoms with Crippen LogP contribution in [0.2, 0.25) is 0 Å². The van der Waals surface area contributed by atoms with Crippen LogP contribution in [0.1, 0.15) is 31.7 Å². The lowest BCUT2D eigenvalue weighted by Gasteiger charge is -2.21. The molecule has 0 amide bonds. The van der Waals surface area contributed by atoms with Crippen LogP contribution in [-0.4, -0.2) is 22.4 Å². The third kappa shape index (κ3) is 2.46. The zero-order valence-corrected chi connectivity index (χ0v) is 11.6. The zero-order chi connectivity index (χ0) is 14.0. The van der Waals surface area contributed by atoms with E-state index >= 15 is 0 Å². The normalized spacial score (nSPS) is 14.3. The van der Waals surface area contributed by atoms with Crippen LogP contribution in [0.5, 0.6) is 5.75 Å². The predicted octanol–water partition coefficient (Wildman–Crippen LogP) is 3.02. The van der Waals surface area contributed by atoms with E-state index in [-0.39, 0.29) is 5.75 Å². The van der Waals surface area contributed by atoms with Crippen molar-refractivity contribution in [3.8, 4) is 17.2 Å². The molecule has 5 nitrogen and oxygen atoms in total. The van der Waals surface area contributed by atoms with E-state index in [1.165, 1.54) is 0 Å². The van der Waals surface area contributed by atoms with E-state index in [1.807, 2.05) is 20.8 Å². The Kier molecular flexibility index (Phi) is 3.57. The van der Waals surface area contributed by atoms with Crippen LogP contribution < -0.4 is 0 Å². The molecule has 0 aliphatic carbocycles. The number of hydrogen-bond acceptors (Lipinski definition) is 5. The maximum Gasteiger partial charge on any atom is 0.258 e. The molecule has 1 N–H and O–H groups in total. The molecule has 0 fully saturated rings. The lowest BCUT2D eigenvalue weighted by Crippen LogP contribution is -2.24. The maximum atomic E-state index is 9.41. The molecule has 1 heterocycles. The van der Waals surface area contributed by atoms with E-state index in [2.05, 4.69) is 10.1 Å². The van der Waals surface area contributed by atoms with Gasteiger partial charge in [0.25, 0.3) is 5.89 Å². The zero-order valence-electron chi connectivity index (χ0n) is 11.6. The van der Waals surface area contributed by atoms with Gasteiger partial charge < -0.3 is 14.4 Å². The summed E-state index contributed by atoms with van der Waals surface area (Å²) in [5.74, 6) is 1.18. The number of methoxy groups -OCH3 is 1. The van der Waals surface area contributed by atoms with Gasteiger partial charge >= 0.3 is 0 Å². The van der Waals surface area contributed by atoms with Crippen LogP contribution in [0.4, 0.5) is 0 Å². The Morgan fingerprint density at radius 3 is 2.74 bits per heavy atom. The predicted molar refractivity (Wildman–Crippen MR) is 70.8 cm³/mol. The SMILES string of the molecule is CCC(C)(OC)c1noc(-c2ccc(O)cc2C)n1. The summed E-state index contributed by atoms with van der Waals surface area (Å²) in [6, 6.07) is 5.02. The topological polar surface area (TPSA) is 68.4 Å². The summed E-state index contributed by atoms with van der Waals surface area (Å²) in [6.07, 6.45) is 0.747. The van der Waals surface area contributed by atoms with Crippen molar-refractivity contribution in [2.24, 2.45) is 0 Å². The van der Waals surface area contributed by atoms with Crippen molar-refractivity contribution in [3.05, 3.63) is 29.6 Å². The average Bonchev–Trinajstić information content (AvgIpc) is 2.88. The van der Waals surface area contributed by atoms with Gasteiger partial charge in [0.05, 0.1) is 0 Å². The molecule has 1 aromatic carbocycles.